The highest BCUT2D eigenvalue weighted by molar-refractivity contribution is 5.92. The van der Waals surface area contributed by atoms with Gasteiger partial charge in [-0.2, -0.15) is 0 Å². The van der Waals surface area contributed by atoms with E-state index in [2.05, 4.69) is 12.1 Å². The largest absolute Gasteiger partial charge is 0.493 e. The van der Waals surface area contributed by atoms with Gasteiger partial charge in [0.15, 0.2) is 0 Å². The van der Waals surface area contributed by atoms with Crippen LogP contribution in [0.5, 0.6) is 11.5 Å². The van der Waals surface area contributed by atoms with E-state index >= 15 is 0 Å². The minimum Gasteiger partial charge on any atom is -0.493 e. The molecule has 4 saturated carbocycles. The fraction of sp³-hybridized carbons (Fsp3) is 0.455. The summed E-state index contributed by atoms with van der Waals surface area (Å²) in [6.45, 7) is 0.595. The molecule has 4 aliphatic carbocycles. The Bertz CT molecular complexity index is 1290. The summed E-state index contributed by atoms with van der Waals surface area (Å²) in [5.74, 6) is 2.89. The Morgan fingerprint density at radius 1 is 0.816 bits per heavy atom. The summed E-state index contributed by atoms with van der Waals surface area (Å²) >= 11 is 0. The predicted octanol–water partition coefficient (Wildman–Crippen LogP) is 7.55. The summed E-state index contributed by atoms with van der Waals surface area (Å²) in [5.41, 5.74) is 2.02. The van der Waals surface area contributed by atoms with Gasteiger partial charge >= 0.3 is 11.9 Å². The number of aliphatic carboxylic acids is 1. The Morgan fingerprint density at radius 3 is 2.21 bits per heavy atom. The predicted molar refractivity (Wildman–Crippen MR) is 147 cm³/mol. The standard InChI is InChI=1S/C33H36O5/c34-31(35)9-5-2-6-12-37-30-18-26-10-11-28(38-32(36)25-7-3-1-4-8-25)16-27(26)17-29(30)33-19-22-13-23(20-33)15-24(14-22)21-33/h1,3-4,7-8,10-11,16-18,22-24H,2,5-6,9,12-15,19-21H2,(H,34,35). The normalized spacial score (nSPS) is 25.4. The van der Waals surface area contributed by atoms with Crippen molar-refractivity contribution in [1.29, 1.82) is 0 Å². The van der Waals surface area contributed by atoms with Gasteiger partial charge in [0.1, 0.15) is 11.5 Å². The lowest BCUT2D eigenvalue weighted by atomic mass is 9.48. The lowest BCUT2D eigenvalue weighted by Crippen LogP contribution is -2.48. The molecule has 198 valence electrons. The van der Waals surface area contributed by atoms with Crippen LogP contribution in [0.2, 0.25) is 0 Å². The van der Waals surface area contributed by atoms with E-state index in [-0.39, 0.29) is 17.8 Å². The zero-order chi connectivity index (χ0) is 26.1. The molecule has 0 amide bonds. The van der Waals surface area contributed by atoms with E-state index in [1.165, 1.54) is 44.1 Å². The molecule has 0 heterocycles. The van der Waals surface area contributed by atoms with E-state index < -0.39 is 5.97 Å². The first-order valence-electron chi connectivity index (χ1n) is 14.2. The molecule has 1 N–H and O–H groups in total. The van der Waals surface area contributed by atoms with Gasteiger partial charge in [-0.05, 0) is 128 Å². The first kappa shape index (κ1) is 25.0. The number of fused-ring (bicyclic) bond motifs is 1. The zero-order valence-corrected chi connectivity index (χ0v) is 21.9. The Morgan fingerprint density at radius 2 is 1.53 bits per heavy atom. The summed E-state index contributed by atoms with van der Waals surface area (Å²) in [5, 5.41) is 11.0. The van der Waals surface area contributed by atoms with Crippen molar-refractivity contribution in [2.75, 3.05) is 6.61 Å². The molecule has 4 fully saturated rings. The van der Waals surface area contributed by atoms with Crippen molar-refractivity contribution >= 4 is 22.7 Å². The van der Waals surface area contributed by atoms with Gasteiger partial charge in [0.05, 0.1) is 12.2 Å². The summed E-state index contributed by atoms with van der Waals surface area (Å²) in [7, 11) is 0. The minimum atomic E-state index is -0.738. The third-order valence-corrected chi connectivity index (χ3v) is 9.03. The molecule has 0 unspecified atom stereocenters. The third-order valence-electron chi connectivity index (χ3n) is 9.03. The molecule has 4 aliphatic rings. The summed E-state index contributed by atoms with van der Waals surface area (Å²) in [4.78, 5) is 23.5. The molecule has 0 spiro atoms. The highest BCUT2D eigenvalue weighted by Gasteiger charge is 2.52. The van der Waals surface area contributed by atoms with Gasteiger partial charge in [-0.15, -0.1) is 0 Å². The number of carbonyl (C=O) groups is 2. The van der Waals surface area contributed by atoms with E-state index in [1.54, 1.807) is 12.1 Å². The number of hydrogen-bond donors (Lipinski definition) is 1. The zero-order valence-electron chi connectivity index (χ0n) is 21.9. The molecule has 5 heteroatoms. The van der Waals surface area contributed by atoms with Gasteiger partial charge in [-0.1, -0.05) is 24.3 Å². The second-order valence-corrected chi connectivity index (χ2v) is 11.9. The molecule has 3 aromatic carbocycles. The topological polar surface area (TPSA) is 72.8 Å². The average Bonchev–Trinajstić information content (AvgIpc) is 2.90. The summed E-state index contributed by atoms with van der Waals surface area (Å²) < 4.78 is 12.2. The fourth-order valence-corrected chi connectivity index (χ4v) is 7.77. The molecule has 0 aliphatic heterocycles. The van der Waals surface area contributed by atoms with Crippen LogP contribution in [-0.4, -0.2) is 23.7 Å². The summed E-state index contributed by atoms with van der Waals surface area (Å²) in [6.07, 6.45) is 10.5. The Hall–Kier alpha value is -3.34. The first-order valence-corrected chi connectivity index (χ1v) is 14.2. The average molecular weight is 513 g/mol. The summed E-state index contributed by atoms with van der Waals surface area (Å²) in [6, 6.07) is 19.4. The molecule has 0 aromatic heterocycles. The maximum atomic E-state index is 12.7. The van der Waals surface area contributed by atoms with Gasteiger partial charge in [0.25, 0.3) is 0 Å². The van der Waals surface area contributed by atoms with Crippen LogP contribution in [0.15, 0.2) is 60.7 Å². The molecule has 7 rings (SSSR count). The molecule has 0 atom stereocenters. The fourth-order valence-electron chi connectivity index (χ4n) is 7.77. The molecule has 0 radical (unpaired) electrons. The van der Waals surface area contributed by atoms with Gasteiger partial charge in [0, 0.05) is 12.0 Å². The van der Waals surface area contributed by atoms with Crippen LogP contribution in [0.3, 0.4) is 0 Å². The van der Waals surface area contributed by atoms with E-state index in [0.717, 1.165) is 47.1 Å². The molecular weight excluding hydrogens is 476 g/mol. The van der Waals surface area contributed by atoms with Gasteiger partial charge in [0.2, 0.25) is 0 Å². The number of rotatable bonds is 10. The molecule has 4 bridgehead atoms. The third kappa shape index (κ3) is 5.16. The smallest absolute Gasteiger partial charge is 0.343 e. The molecule has 38 heavy (non-hydrogen) atoms. The molecular formula is C33H36O5. The van der Waals surface area contributed by atoms with E-state index in [4.69, 9.17) is 14.6 Å². The second kappa shape index (κ2) is 10.4. The number of carbonyl (C=O) groups excluding carboxylic acids is 1. The van der Waals surface area contributed by atoms with Crippen LogP contribution >= 0.6 is 0 Å². The van der Waals surface area contributed by atoms with Crippen molar-refractivity contribution in [3.8, 4) is 11.5 Å². The van der Waals surface area contributed by atoms with Crippen molar-refractivity contribution in [2.24, 2.45) is 17.8 Å². The monoisotopic (exact) mass is 512 g/mol. The minimum absolute atomic E-state index is 0.165. The number of carboxylic acids is 1. The van der Waals surface area contributed by atoms with Crippen LogP contribution in [0.4, 0.5) is 0 Å². The number of unbranched alkanes of at least 4 members (excludes halogenated alkanes) is 2. The van der Waals surface area contributed by atoms with Crippen molar-refractivity contribution in [1.82, 2.24) is 0 Å². The van der Waals surface area contributed by atoms with Gasteiger partial charge in [-0.25, -0.2) is 4.79 Å². The van der Waals surface area contributed by atoms with E-state index in [9.17, 15) is 9.59 Å². The van der Waals surface area contributed by atoms with Crippen LogP contribution < -0.4 is 9.47 Å². The number of ether oxygens (including phenoxy) is 2. The Labute approximate surface area is 224 Å². The van der Waals surface area contributed by atoms with Crippen LogP contribution in [-0.2, 0) is 10.2 Å². The van der Waals surface area contributed by atoms with Crippen LogP contribution in [0.25, 0.3) is 10.8 Å². The lowest BCUT2D eigenvalue weighted by Gasteiger charge is -2.57. The Kier molecular flexibility index (Phi) is 6.86. The first-order chi connectivity index (χ1) is 18.5. The van der Waals surface area contributed by atoms with Gasteiger partial charge in [-0.3, -0.25) is 4.79 Å². The number of carboxylic acid groups (broad SMARTS) is 1. The van der Waals surface area contributed by atoms with Crippen molar-refractivity contribution in [3.63, 3.8) is 0 Å². The van der Waals surface area contributed by atoms with E-state index in [0.29, 0.717) is 24.3 Å². The van der Waals surface area contributed by atoms with Crippen molar-refractivity contribution in [2.45, 2.75) is 69.6 Å². The highest BCUT2D eigenvalue weighted by atomic mass is 16.5. The highest BCUT2D eigenvalue weighted by Crippen LogP contribution is 2.62. The number of esters is 1. The second-order valence-electron chi connectivity index (χ2n) is 11.9. The van der Waals surface area contributed by atoms with E-state index in [1.807, 2.05) is 36.4 Å². The quantitative estimate of drug-likeness (QED) is 0.172. The lowest BCUT2D eigenvalue weighted by molar-refractivity contribution is -0.137. The Balaban J connectivity index is 1.28. The van der Waals surface area contributed by atoms with Gasteiger partial charge < -0.3 is 14.6 Å². The maximum absolute atomic E-state index is 12.7. The SMILES string of the molecule is O=C(O)CCCCCOc1cc2ccc(OC(=O)c3ccccc3)cc2cc1C12CC3CC(CC(C3)C1)C2. The van der Waals surface area contributed by atoms with Crippen LogP contribution in [0, 0.1) is 17.8 Å². The van der Waals surface area contributed by atoms with Crippen LogP contribution in [0.1, 0.15) is 80.1 Å². The molecule has 0 saturated heterocycles. The number of benzene rings is 3. The van der Waals surface area contributed by atoms with Crippen molar-refractivity contribution in [3.05, 3.63) is 71.8 Å². The molecule has 3 aromatic rings. The number of hydrogen-bond acceptors (Lipinski definition) is 4. The maximum Gasteiger partial charge on any atom is 0.343 e. The van der Waals surface area contributed by atoms with Crippen molar-refractivity contribution < 1.29 is 24.2 Å². The molecule has 5 nitrogen and oxygen atoms in total.